The fourth-order valence-electron chi connectivity index (χ4n) is 10.0. The third kappa shape index (κ3) is 59.1. The number of aliphatic hydroxyl groups excluding tert-OH is 2. The van der Waals surface area contributed by atoms with E-state index in [0.29, 0.717) is 19.4 Å². The smallest absolute Gasteiger partial charge is 0.305 e. The average molecular weight is 1040 g/mol. The first kappa shape index (κ1) is 71.8. The summed E-state index contributed by atoms with van der Waals surface area (Å²) in [6.45, 7) is 4.89. The zero-order chi connectivity index (χ0) is 53.6. The molecule has 0 bridgehead atoms. The molecule has 0 spiro atoms. The van der Waals surface area contributed by atoms with Crippen LogP contribution in [0.5, 0.6) is 0 Å². The van der Waals surface area contributed by atoms with Crippen molar-refractivity contribution < 1.29 is 24.5 Å². The van der Waals surface area contributed by atoms with Gasteiger partial charge in [-0.1, -0.05) is 294 Å². The Bertz CT molecular complexity index is 1240. The van der Waals surface area contributed by atoms with E-state index in [0.717, 1.165) is 57.8 Å². The molecule has 0 aromatic heterocycles. The maximum Gasteiger partial charge on any atom is 0.305 e. The number of carbonyl (C=O) groups is 2. The molecule has 434 valence electrons. The number of aliphatic hydroxyl groups is 2. The van der Waals surface area contributed by atoms with Gasteiger partial charge in [0, 0.05) is 12.8 Å². The second-order valence-corrected chi connectivity index (χ2v) is 22.4. The molecule has 3 N–H and O–H groups in total. The number of carbonyl (C=O) groups excluding carboxylic acids is 2. The summed E-state index contributed by atoms with van der Waals surface area (Å²) in [6, 6.07) is -0.634. The van der Waals surface area contributed by atoms with Crippen LogP contribution in [0.25, 0.3) is 0 Å². The molecule has 0 rings (SSSR count). The second-order valence-electron chi connectivity index (χ2n) is 22.4. The Morgan fingerprint density at radius 2 is 0.676 bits per heavy atom. The minimum Gasteiger partial charge on any atom is -0.466 e. The summed E-state index contributed by atoms with van der Waals surface area (Å²) in [7, 11) is 0. The van der Waals surface area contributed by atoms with Crippen molar-refractivity contribution in [2.45, 2.75) is 360 Å². The van der Waals surface area contributed by atoms with Gasteiger partial charge in [-0.3, -0.25) is 9.59 Å². The highest BCUT2D eigenvalue weighted by molar-refractivity contribution is 5.76. The van der Waals surface area contributed by atoms with Crippen molar-refractivity contribution >= 4 is 11.9 Å². The van der Waals surface area contributed by atoms with Crippen molar-refractivity contribution in [2.24, 2.45) is 0 Å². The lowest BCUT2D eigenvalue weighted by Gasteiger charge is -2.20. The van der Waals surface area contributed by atoms with E-state index < -0.39 is 12.1 Å². The minimum absolute atomic E-state index is 0.00255. The molecule has 0 aliphatic heterocycles. The molecule has 0 heterocycles. The van der Waals surface area contributed by atoms with Crippen LogP contribution in [0.2, 0.25) is 0 Å². The predicted octanol–water partition coefficient (Wildman–Crippen LogP) is 20.9. The molecule has 0 aromatic carbocycles. The first-order chi connectivity index (χ1) is 36.5. The van der Waals surface area contributed by atoms with Crippen molar-refractivity contribution in [1.29, 1.82) is 0 Å². The van der Waals surface area contributed by atoms with Crippen LogP contribution in [0.4, 0.5) is 0 Å². The zero-order valence-electron chi connectivity index (χ0n) is 49.6. The topological polar surface area (TPSA) is 95.9 Å². The Morgan fingerprint density at radius 1 is 0.378 bits per heavy atom. The standard InChI is InChI=1S/C68H127NO5/c1-3-5-7-9-11-13-15-17-19-21-29-32-36-40-44-48-52-56-60-66(71)65(64-70)69-67(72)61-57-53-49-45-41-37-33-30-27-25-23-22-24-26-28-31-35-39-43-47-51-55-59-63-74-68(73)62-58-54-50-46-42-38-34-20-18-16-14-12-10-8-6-4-2/h14,16,20,25,27,34,56,60,65-66,70-71H,3-13,15,17-19,21-24,26,28-33,35-55,57-59,61-64H2,1-2H3,(H,69,72)/b16-14-,27-25-,34-20-,60-56+. The van der Waals surface area contributed by atoms with Crippen molar-refractivity contribution in [1.82, 2.24) is 5.32 Å². The highest BCUT2D eigenvalue weighted by Gasteiger charge is 2.18. The van der Waals surface area contributed by atoms with Gasteiger partial charge in [-0.2, -0.15) is 0 Å². The molecule has 1 amide bonds. The summed E-state index contributed by atoms with van der Waals surface area (Å²) in [6.07, 6.45) is 81.6. The molecule has 6 nitrogen and oxygen atoms in total. The van der Waals surface area contributed by atoms with Crippen LogP contribution in [0.3, 0.4) is 0 Å². The number of allylic oxidation sites excluding steroid dienone is 7. The van der Waals surface area contributed by atoms with Crippen molar-refractivity contribution in [2.75, 3.05) is 13.2 Å². The highest BCUT2D eigenvalue weighted by atomic mass is 16.5. The zero-order valence-corrected chi connectivity index (χ0v) is 49.6. The monoisotopic (exact) mass is 1040 g/mol. The van der Waals surface area contributed by atoms with Gasteiger partial charge in [0.2, 0.25) is 5.91 Å². The number of esters is 1. The van der Waals surface area contributed by atoms with E-state index in [1.165, 1.54) is 263 Å². The van der Waals surface area contributed by atoms with Gasteiger partial charge in [0.25, 0.3) is 0 Å². The Balaban J connectivity index is 3.44. The maximum atomic E-state index is 12.5. The largest absolute Gasteiger partial charge is 0.466 e. The lowest BCUT2D eigenvalue weighted by molar-refractivity contribution is -0.143. The highest BCUT2D eigenvalue weighted by Crippen LogP contribution is 2.17. The van der Waals surface area contributed by atoms with Gasteiger partial charge < -0.3 is 20.3 Å². The van der Waals surface area contributed by atoms with E-state index in [1.54, 1.807) is 6.08 Å². The Morgan fingerprint density at radius 3 is 1.05 bits per heavy atom. The summed E-state index contributed by atoms with van der Waals surface area (Å²) in [5, 5.41) is 23.2. The first-order valence-corrected chi connectivity index (χ1v) is 32.9. The normalized spacial score (nSPS) is 12.9. The second kappa shape index (κ2) is 63.4. The molecule has 0 fully saturated rings. The molecule has 0 saturated heterocycles. The van der Waals surface area contributed by atoms with E-state index in [9.17, 15) is 19.8 Å². The lowest BCUT2D eigenvalue weighted by Crippen LogP contribution is -2.45. The lowest BCUT2D eigenvalue weighted by atomic mass is 10.0. The van der Waals surface area contributed by atoms with Crippen LogP contribution in [0.15, 0.2) is 48.6 Å². The molecule has 0 aliphatic carbocycles. The van der Waals surface area contributed by atoms with Crippen LogP contribution in [-0.4, -0.2) is 47.4 Å². The number of nitrogens with one attached hydrogen (secondary N) is 1. The van der Waals surface area contributed by atoms with Crippen molar-refractivity contribution in [3.63, 3.8) is 0 Å². The number of amides is 1. The quantitative estimate of drug-likeness (QED) is 0.0320. The number of hydrogen-bond donors (Lipinski definition) is 3. The van der Waals surface area contributed by atoms with Crippen LogP contribution in [-0.2, 0) is 14.3 Å². The summed E-state index contributed by atoms with van der Waals surface area (Å²) in [5.41, 5.74) is 0. The molecule has 0 aromatic rings. The number of hydrogen-bond acceptors (Lipinski definition) is 5. The summed E-state index contributed by atoms with van der Waals surface area (Å²) >= 11 is 0. The van der Waals surface area contributed by atoms with Gasteiger partial charge in [0.1, 0.15) is 0 Å². The van der Waals surface area contributed by atoms with Gasteiger partial charge in [0.15, 0.2) is 0 Å². The van der Waals surface area contributed by atoms with Crippen molar-refractivity contribution in [3.8, 4) is 0 Å². The number of unbranched alkanes of at least 4 members (excludes halogenated alkanes) is 44. The molecule has 0 aliphatic rings. The van der Waals surface area contributed by atoms with Crippen molar-refractivity contribution in [3.05, 3.63) is 48.6 Å². The van der Waals surface area contributed by atoms with Crippen LogP contribution in [0, 0.1) is 0 Å². The predicted molar refractivity (Wildman–Crippen MR) is 324 cm³/mol. The SMILES string of the molecule is CCCCCC/C=C\C/C=C\CCCCCCCC(=O)OCCCCCCCCCCCCCC/C=C\CCCCCCCCCC(=O)NC(CO)C(O)/C=C/CCCCCCCCCCCCCCCCCC. The summed E-state index contributed by atoms with van der Waals surface area (Å²) < 4.78 is 5.48. The fraction of sp³-hybridized carbons (Fsp3) is 0.853. The van der Waals surface area contributed by atoms with Gasteiger partial charge >= 0.3 is 5.97 Å². The van der Waals surface area contributed by atoms with E-state index in [-0.39, 0.29) is 18.5 Å². The van der Waals surface area contributed by atoms with Gasteiger partial charge in [-0.15, -0.1) is 0 Å². The first-order valence-electron chi connectivity index (χ1n) is 32.9. The molecule has 74 heavy (non-hydrogen) atoms. The van der Waals surface area contributed by atoms with Crippen LogP contribution in [0.1, 0.15) is 348 Å². The third-order valence-electron chi connectivity index (χ3n) is 15.1. The molecule has 0 saturated carbocycles. The molecule has 6 heteroatoms. The molecule has 0 radical (unpaired) electrons. The Labute approximate surface area is 461 Å². The molecular formula is C68H127NO5. The van der Waals surface area contributed by atoms with E-state index in [1.807, 2.05) is 6.08 Å². The summed E-state index contributed by atoms with van der Waals surface area (Å²) in [5.74, 6) is -0.0752. The number of rotatable bonds is 61. The number of ether oxygens (including phenoxy) is 1. The molecule has 2 unspecified atom stereocenters. The third-order valence-corrected chi connectivity index (χ3v) is 15.1. The molecule has 2 atom stereocenters. The van der Waals surface area contributed by atoms with Crippen LogP contribution < -0.4 is 5.32 Å². The Kier molecular flexibility index (Phi) is 61.5. The maximum absolute atomic E-state index is 12.5. The molecular weight excluding hydrogens is 911 g/mol. The average Bonchev–Trinajstić information content (AvgIpc) is 3.40. The van der Waals surface area contributed by atoms with E-state index in [4.69, 9.17) is 4.74 Å². The van der Waals surface area contributed by atoms with Gasteiger partial charge in [-0.25, -0.2) is 0 Å². The van der Waals surface area contributed by atoms with Crippen LogP contribution >= 0.6 is 0 Å². The fourth-order valence-corrected chi connectivity index (χ4v) is 10.0. The van der Waals surface area contributed by atoms with Gasteiger partial charge in [-0.05, 0) is 89.9 Å². The van der Waals surface area contributed by atoms with E-state index in [2.05, 4.69) is 55.6 Å². The summed E-state index contributed by atoms with van der Waals surface area (Å²) in [4.78, 5) is 24.6. The minimum atomic E-state index is -0.850. The Hall–Kier alpha value is -2.18. The van der Waals surface area contributed by atoms with Gasteiger partial charge in [0.05, 0.1) is 25.4 Å². The van der Waals surface area contributed by atoms with E-state index >= 15 is 0 Å².